The van der Waals surface area contributed by atoms with E-state index in [1.807, 2.05) is 24.3 Å². The van der Waals surface area contributed by atoms with Gasteiger partial charge in [-0.2, -0.15) is 0 Å². The molecule has 3 aromatic rings. The highest BCUT2D eigenvalue weighted by atomic mass is 35.5. The Kier molecular flexibility index (Phi) is 5.27. The quantitative estimate of drug-likeness (QED) is 0.666. The van der Waals surface area contributed by atoms with Crippen molar-refractivity contribution in [2.45, 2.75) is 5.92 Å². The maximum atomic E-state index is 12.1. The number of rotatable bonds is 3. The maximum Gasteiger partial charge on any atom is 0.407 e. The van der Waals surface area contributed by atoms with Crippen LogP contribution in [0.25, 0.3) is 11.1 Å². The standard InChI is InChI=1S/C23H17ClN2O2/c24-21-11-5-13-25-22(21)12-6-14-26-23(27)28-15-20-18-9-3-1-7-16(18)17-8-2-4-10-19(17)20/h1-5,7-11,13,20H,14-15H2,(H,26,27). The average molecular weight is 389 g/mol. The summed E-state index contributed by atoms with van der Waals surface area (Å²) in [5, 5.41) is 3.12. The number of fused-ring (bicyclic) bond motifs is 3. The van der Waals surface area contributed by atoms with Gasteiger partial charge in [-0.1, -0.05) is 66.1 Å². The number of amides is 1. The number of ether oxygens (including phenoxy) is 1. The predicted molar refractivity (Wildman–Crippen MR) is 109 cm³/mol. The fraction of sp³-hybridized carbons (Fsp3) is 0.130. The van der Waals surface area contributed by atoms with Crippen LogP contribution < -0.4 is 5.32 Å². The minimum Gasteiger partial charge on any atom is -0.449 e. The van der Waals surface area contributed by atoms with Crippen molar-refractivity contribution in [2.75, 3.05) is 13.2 Å². The Hall–Kier alpha value is -3.29. The van der Waals surface area contributed by atoms with Crippen molar-refractivity contribution in [3.63, 3.8) is 0 Å². The van der Waals surface area contributed by atoms with Gasteiger partial charge < -0.3 is 10.1 Å². The summed E-state index contributed by atoms with van der Waals surface area (Å²) in [7, 11) is 0. The first kappa shape index (κ1) is 18.1. The molecule has 0 fully saturated rings. The van der Waals surface area contributed by atoms with Gasteiger partial charge in [-0.15, -0.1) is 0 Å². The van der Waals surface area contributed by atoms with Gasteiger partial charge in [0, 0.05) is 12.1 Å². The van der Waals surface area contributed by atoms with E-state index in [9.17, 15) is 4.79 Å². The molecule has 5 heteroatoms. The summed E-state index contributed by atoms with van der Waals surface area (Å²) in [5.74, 6) is 5.69. The maximum absolute atomic E-state index is 12.1. The fourth-order valence-electron chi connectivity index (χ4n) is 3.37. The smallest absolute Gasteiger partial charge is 0.407 e. The van der Waals surface area contributed by atoms with Crippen molar-refractivity contribution in [1.82, 2.24) is 10.3 Å². The zero-order valence-electron chi connectivity index (χ0n) is 15.0. The van der Waals surface area contributed by atoms with Crippen molar-refractivity contribution in [1.29, 1.82) is 0 Å². The van der Waals surface area contributed by atoms with Gasteiger partial charge in [0.2, 0.25) is 0 Å². The summed E-state index contributed by atoms with van der Waals surface area (Å²) in [4.78, 5) is 16.1. The van der Waals surface area contributed by atoms with E-state index in [-0.39, 0.29) is 19.1 Å². The number of pyridine rings is 1. The van der Waals surface area contributed by atoms with Gasteiger partial charge in [-0.05, 0) is 40.3 Å². The molecule has 1 aromatic heterocycles. The predicted octanol–water partition coefficient (Wildman–Crippen LogP) is 4.63. The molecule has 138 valence electrons. The van der Waals surface area contributed by atoms with E-state index in [0.717, 1.165) is 0 Å². The van der Waals surface area contributed by atoms with Crippen LogP contribution >= 0.6 is 11.6 Å². The van der Waals surface area contributed by atoms with E-state index >= 15 is 0 Å². The Morgan fingerprint density at radius 3 is 2.39 bits per heavy atom. The Morgan fingerprint density at radius 1 is 1.04 bits per heavy atom. The summed E-state index contributed by atoms with van der Waals surface area (Å²) in [5.41, 5.74) is 5.25. The molecule has 1 aliphatic rings. The molecule has 1 amide bonds. The van der Waals surface area contributed by atoms with Crippen LogP contribution in [0.5, 0.6) is 0 Å². The molecule has 0 atom stereocenters. The molecule has 0 saturated carbocycles. The highest BCUT2D eigenvalue weighted by molar-refractivity contribution is 6.31. The lowest BCUT2D eigenvalue weighted by Crippen LogP contribution is -2.26. The second kappa shape index (κ2) is 8.16. The van der Waals surface area contributed by atoms with Gasteiger partial charge in [0.25, 0.3) is 0 Å². The molecule has 1 aliphatic carbocycles. The first-order valence-electron chi connectivity index (χ1n) is 8.92. The molecule has 1 heterocycles. The zero-order chi connectivity index (χ0) is 19.3. The lowest BCUT2D eigenvalue weighted by Gasteiger charge is -2.14. The van der Waals surface area contributed by atoms with Gasteiger partial charge in [-0.3, -0.25) is 0 Å². The van der Waals surface area contributed by atoms with Crippen molar-refractivity contribution in [3.05, 3.63) is 88.7 Å². The molecule has 0 radical (unpaired) electrons. The summed E-state index contributed by atoms with van der Waals surface area (Å²) >= 11 is 5.99. The Morgan fingerprint density at radius 2 is 1.71 bits per heavy atom. The fourth-order valence-corrected chi connectivity index (χ4v) is 3.54. The third-order valence-electron chi connectivity index (χ3n) is 4.63. The van der Waals surface area contributed by atoms with Crippen LogP contribution in [0.4, 0.5) is 4.79 Å². The molecule has 0 unspecified atom stereocenters. The summed E-state index contributed by atoms with van der Waals surface area (Å²) in [6.07, 6.45) is 1.12. The minimum atomic E-state index is -0.497. The molecule has 4 rings (SSSR count). The topological polar surface area (TPSA) is 51.2 Å². The van der Waals surface area contributed by atoms with Crippen LogP contribution in [0.2, 0.25) is 5.02 Å². The van der Waals surface area contributed by atoms with Gasteiger partial charge in [-0.25, -0.2) is 9.78 Å². The summed E-state index contributed by atoms with van der Waals surface area (Å²) < 4.78 is 5.46. The van der Waals surface area contributed by atoms with E-state index in [1.165, 1.54) is 22.3 Å². The Labute approximate surface area is 168 Å². The number of nitrogens with zero attached hydrogens (tertiary/aromatic N) is 1. The summed E-state index contributed by atoms with van der Waals surface area (Å²) in [6.45, 7) is 0.433. The van der Waals surface area contributed by atoms with Crippen LogP contribution in [-0.2, 0) is 4.74 Å². The number of alkyl carbamates (subject to hydrolysis) is 1. The lowest BCUT2D eigenvalue weighted by atomic mass is 9.98. The van der Waals surface area contributed by atoms with Crippen LogP contribution in [-0.4, -0.2) is 24.2 Å². The highest BCUT2D eigenvalue weighted by Crippen LogP contribution is 2.44. The number of halogens is 1. The van der Waals surface area contributed by atoms with Crippen LogP contribution in [0.3, 0.4) is 0 Å². The first-order valence-corrected chi connectivity index (χ1v) is 9.30. The number of benzene rings is 2. The summed E-state index contributed by atoms with van der Waals surface area (Å²) in [6, 6.07) is 19.9. The average Bonchev–Trinajstić information content (AvgIpc) is 3.05. The number of carbonyl (C=O) groups is 1. The van der Waals surface area contributed by atoms with Crippen molar-refractivity contribution < 1.29 is 9.53 Å². The van der Waals surface area contributed by atoms with E-state index in [4.69, 9.17) is 16.3 Å². The normalized spacial score (nSPS) is 11.8. The van der Waals surface area contributed by atoms with Crippen molar-refractivity contribution in [3.8, 4) is 23.0 Å². The van der Waals surface area contributed by atoms with Crippen molar-refractivity contribution in [2.24, 2.45) is 0 Å². The molecule has 1 N–H and O–H groups in total. The molecule has 0 spiro atoms. The monoisotopic (exact) mass is 388 g/mol. The zero-order valence-corrected chi connectivity index (χ0v) is 15.7. The van der Waals surface area contributed by atoms with Gasteiger partial charge >= 0.3 is 6.09 Å². The van der Waals surface area contributed by atoms with E-state index < -0.39 is 6.09 Å². The molecular formula is C23H17ClN2O2. The van der Waals surface area contributed by atoms with Gasteiger partial charge in [0.1, 0.15) is 12.3 Å². The molecule has 4 nitrogen and oxygen atoms in total. The Bertz CT molecular complexity index is 1040. The number of hydrogen-bond acceptors (Lipinski definition) is 3. The van der Waals surface area contributed by atoms with E-state index in [2.05, 4.69) is 46.4 Å². The molecule has 0 saturated heterocycles. The SMILES string of the molecule is O=C(NCC#Cc1ncccc1Cl)OCC1c2ccccc2-c2ccccc21. The third kappa shape index (κ3) is 3.71. The van der Waals surface area contributed by atoms with Crippen LogP contribution in [0.15, 0.2) is 66.9 Å². The molecule has 2 aromatic carbocycles. The molecule has 0 aliphatic heterocycles. The number of hydrogen-bond donors (Lipinski definition) is 1. The van der Waals surface area contributed by atoms with Gasteiger partial charge in [0.05, 0.1) is 11.6 Å². The second-order valence-corrected chi connectivity index (χ2v) is 6.72. The van der Waals surface area contributed by atoms with Gasteiger partial charge in [0.15, 0.2) is 0 Å². The molecular weight excluding hydrogens is 372 g/mol. The van der Waals surface area contributed by atoms with E-state index in [0.29, 0.717) is 10.7 Å². The molecule has 28 heavy (non-hydrogen) atoms. The number of aromatic nitrogens is 1. The minimum absolute atomic E-state index is 0.0385. The lowest BCUT2D eigenvalue weighted by molar-refractivity contribution is 0.144. The first-order chi connectivity index (χ1) is 13.7. The third-order valence-corrected chi connectivity index (χ3v) is 4.94. The highest BCUT2D eigenvalue weighted by Gasteiger charge is 2.28. The number of nitrogens with one attached hydrogen (secondary N) is 1. The largest absolute Gasteiger partial charge is 0.449 e. The van der Waals surface area contributed by atoms with E-state index in [1.54, 1.807) is 18.3 Å². The van der Waals surface area contributed by atoms with Crippen LogP contribution in [0, 0.1) is 11.8 Å². The second-order valence-electron chi connectivity index (χ2n) is 6.31. The number of carbonyl (C=O) groups excluding carboxylic acids is 1. The van der Waals surface area contributed by atoms with Crippen molar-refractivity contribution >= 4 is 17.7 Å². The van der Waals surface area contributed by atoms with Crippen LogP contribution in [0.1, 0.15) is 22.7 Å². The Balaban J connectivity index is 1.36. The molecule has 0 bridgehead atoms.